The lowest BCUT2D eigenvalue weighted by atomic mass is 9.68. The second-order valence-corrected chi connectivity index (χ2v) is 7.67. The summed E-state index contributed by atoms with van der Waals surface area (Å²) < 4.78 is 5.22. The molecule has 1 aliphatic carbocycles. The van der Waals surface area contributed by atoms with Crippen LogP contribution in [-0.2, 0) is 4.74 Å². The first kappa shape index (κ1) is 18.0. The van der Waals surface area contributed by atoms with Crippen molar-refractivity contribution in [2.45, 2.75) is 78.7 Å². The predicted molar refractivity (Wildman–Crippen MR) is 88.1 cm³/mol. The molecule has 0 amide bonds. The average molecular weight is 284 g/mol. The highest BCUT2D eigenvalue weighted by Gasteiger charge is 2.32. The van der Waals surface area contributed by atoms with Gasteiger partial charge in [-0.3, -0.25) is 0 Å². The van der Waals surface area contributed by atoms with Gasteiger partial charge in [0.2, 0.25) is 0 Å². The number of nitrogens with one attached hydrogen (secondary N) is 1. The third-order valence-corrected chi connectivity index (χ3v) is 5.09. The zero-order valence-electron chi connectivity index (χ0n) is 14.5. The highest BCUT2D eigenvalue weighted by atomic mass is 16.5. The van der Waals surface area contributed by atoms with Crippen molar-refractivity contribution in [1.82, 2.24) is 5.32 Å². The van der Waals surface area contributed by atoms with Crippen LogP contribution in [0.4, 0.5) is 0 Å². The molecule has 0 aromatic rings. The summed E-state index contributed by atoms with van der Waals surface area (Å²) in [5.74, 6) is 1.81. The fourth-order valence-corrected chi connectivity index (χ4v) is 3.67. The van der Waals surface area contributed by atoms with Gasteiger partial charge in [-0.25, -0.2) is 0 Å². The maximum atomic E-state index is 5.22. The molecule has 20 heavy (non-hydrogen) atoms. The number of rotatable bonds is 8. The third-order valence-electron chi connectivity index (χ3n) is 5.09. The molecule has 1 N–H and O–H groups in total. The number of hydrogen-bond acceptors (Lipinski definition) is 2. The Hall–Kier alpha value is -0.0800. The van der Waals surface area contributed by atoms with E-state index < -0.39 is 0 Å². The zero-order chi connectivity index (χ0) is 15.0. The van der Waals surface area contributed by atoms with Gasteiger partial charge in [0.15, 0.2) is 0 Å². The van der Waals surface area contributed by atoms with Gasteiger partial charge in [-0.2, -0.15) is 0 Å². The van der Waals surface area contributed by atoms with Crippen molar-refractivity contribution >= 4 is 0 Å². The van der Waals surface area contributed by atoms with Crippen LogP contribution in [0.15, 0.2) is 0 Å². The Kier molecular flexibility index (Phi) is 8.13. The van der Waals surface area contributed by atoms with Gasteiger partial charge in [0, 0.05) is 19.8 Å². The summed E-state index contributed by atoms with van der Waals surface area (Å²) in [4.78, 5) is 0. The predicted octanol–water partition coefficient (Wildman–Crippen LogP) is 4.63. The number of hydrogen-bond donors (Lipinski definition) is 1. The standard InChI is InChI=1S/C18H37NO/c1-6-13-19-17(8-7-14-20-5)15-9-11-16(12-10-15)18(2,3)4/h15-17,19H,6-14H2,1-5H3. The van der Waals surface area contributed by atoms with Crippen LogP contribution in [0.2, 0.25) is 0 Å². The fraction of sp³-hybridized carbons (Fsp3) is 1.00. The van der Waals surface area contributed by atoms with Crippen molar-refractivity contribution in [3.63, 3.8) is 0 Å². The highest BCUT2D eigenvalue weighted by Crippen LogP contribution is 2.41. The van der Waals surface area contributed by atoms with Gasteiger partial charge in [-0.15, -0.1) is 0 Å². The molecular formula is C18H37NO. The molecule has 0 saturated heterocycles. The molecule has 2 heteroatoms. The molecule has 1 fully saturated rings. The summed E-state index contributed by atoms with van der Waals surface area (Å²) in [6, 6.07) is 0.714. The topological polar surface area (TPSA) is 21.3 Å². The maximum absolute atomic E-state index is 5.22. The van der Waals surface area contributed by atoms with Crippen LogP contribution in [0.1, 0.15) is 72.6 Å². The van der Waals surface area contributed by atoms with Crippen LogP contribution in [0, 0.1) is 17.3 Å². The van der Waals surface area contributed by atoms with Crippen molar-refractivity contribution in [1.29, 1.82) is 0 Å². The second kappa shape index (κ2) is 9.04. The molecule has 1 unspecified atom stereocenters. The lowest BCUT2D eigenvalue weighted by molar-refractivity contribution is 0.125. The van der Waals surface area contributed by atoms with Gasteiger partial charge >= 0.3 is 0 Å². The van der Waals surface area contributed by atoms with E-state index >= 15 is 0 Å². The van der Waals surface area contributed by atoms with Gasteiger partial charge in [-0.1, -0.05) is 27.7 Å². The molecule has 0 aromatic carbocycles. The summed E-state index contributed by atoms with van der Waals surface area (Å²) in [5, 5.41) is 3.80. The van der Waals surface area contributed by atoms with Crippen LogP contribution < -0.4 is 5.32 Å². The molecule has 1 atom stereocenters. The van der Waals surface area contributed by atoms with Crippen molar-refractivity contribution < 1.29 is 4.74 Å². The summed E-state index contributed by atoms with van der Waals surface area (Å²) >= 11 is 0. The first-order valence-corrected chi connectivity index (χ1v) is 8.71. The quantitative estimate of drug-likeness (QED) is 0.656. The lowest BCUT2D eigenvalue weighted by Gasteiger charge is -2.40. The summed E-state index contributed by atoms with van der Waals surface area (Å²) in [5.41, 5.74) is 0.493. The summed E-state index contributed by atoms with van der Waals surface area (Å²) in [6.45, 7) is 11.5. The van der Waals surface area contributed by atoms with E-state index in [2.05, 4.69) is 33.0 Å². The first-order chi connectivity index (χ1) is 9.49. The van der Waals surface area contributed by atoms with Crippen molar-refractivity contribution in [2.75, 3.05) is 20.3 Å². The Bertz CT molecular complexity index is 238. The van der Waals surface area contributed by atoms with Crippen molar-refractivity contribution in [3.8, 4) is 0 Å². The highest BCUT2D eigenvalue weighted by molar-refractivity contribution is 4.85. The second-order valence-electron chi connectivity index (χ2n) is 7.67. The van der Waals surface area contributed by atoms with E-state index in [4.69, 9.17) is 4.74 Å². The Morgan fingerprint density at radius 2 is 1.80 bits per heavy atom. The van der Waals surface area contributed by atoms with Crippen LogP contribution in [0.3, 0.4) is 0 Å². The molecule has 0 aliphatic heterocycles. The normalized spacial score (nSPS) is 25.6. The van der Waals surface area contributed by atoms with E-state index in [1.54, 1.807) is 0 Å². The molecule has 0 radical (unpaired) electrons. The lowest BCUT2D eigenvalue weighted by Crippen LogP contribution is -2.40. The average Bonchev–Trinajstić information content (AvgIpc) is 2.42. The van der Waals surface area contributed by atoms with Gasteiger partial charge in [0.05, 0.1) is 0 Å². The molecule has 120 valence electrons. The van der Waals surface area contributed by atoms with Crippen LogP contribution in [-0.4, -0.2) is 26.3 Å². The van der Waals surface area contributed by atoms with Gasteiger partial charge in [0.25, 0.3) is 0 Å². The molecular weight excluding hydrogens is 246 g/mol. The molecule has 1 rings (SSSR count). The van der Waals surface area contributed by atoms with Crippen LogP contribution >= 0.6 is 0 Å². The van der Waals surface area contributed by atoms with Crippen LogP contribution in [0.5, 0.6) is 0 Å². The Morgan fingerprint density at radius 1 is 1.15 bits per heavy atom. The maximum Gasteiger partial charge on any atom is 0.0462 e. The van der Waals surface area contributed by atoms with E-state index in [-0.39, 0.29) is 0 Å². The summed E-state index contributed by atoms with van der Waals surface area (Å²) in [6.07, 6.45) is 9.37. The molecule has 1 saturated carbocycles. The van der Waals surface area contributed by atoms with E-state index in [1.165, 1.54) is 44.9 Å². The van der Waals surface area contributed by atoms with Gasteiger partial charge in [-0.05, 0) is 68.7 Å². The number of ether oxygens (including phenoxy) is 1. The number of methoxy groups -OCH3 is 1. The van der Waals surface area contributed by atoms with E-state index in [1.807, 2.05) is 7.11 Å². The van der Waals surface area contributed by atoms with E-state index in [9.17, 15) is 0 Å². The van der Waals surface area contributed by atoms with Gasteiger partial charge < -0.3 is 10.1 Å². The SMILES string of the molecule is CCCNC(CCCOC)C1CCC(C(C)(C)C)CC1. The van der Waals surface area contributed by atoms with Crippen molar-refractivity contribution in [2.24, 2.45) is 17.3 Å². The molecule has 0 aromatic heterocycles. The van der Waals surface area contributed by atoms with Crippen LogP contribution in [0.25, 0.3) is 0 Å². The molecule has 0 bridgehead atoms. The monoisotopic (exact) mass is 283 g/mol. The fourth-order valence-electron chi connectivity index (χ4n) is 3.67. The Labute approximate surface area is 127 Å². The minimum Gasteiger partial charge on any atom is -0.385 e. The smallest absolute Gasteiger partial charge is 0.0462 e. The molecule has 2 nitrogen and oxygen atoms in total. The third kappa shape index (κ3) is 6.13. The molecule has 0 heterocycles. The summed E-state index contributed by atoms with van der Waals surface area (Å²) in [7, 11) is 1.81. The van der Waals surface area contributed by atoms with E-state index in [0.29, 0.717) is 11.5 Å². The molecule has 0 spiro atoms. The largest absolute Gasteiger partial charge is 0.385 e. The zero-order valence-corrected chi connectivity index (χ0v) is 14.5. The van der Waals surface area contributed by atoms with E-state index in [0.717, 1.165) is 25.0 Å². The van der Waals surface area contributed by atoms with Crippen molar-refractivity contribution in [3.05, 3.63) is 0 Å². The first-order valence-electron chi connectivity index (χ1n) is 8.71. The Morgan fingerprint density at radius 3 is 2.30 bits per heavy atom. The Balaban J connectivity index is 2.42. The minimum absolute atomic E-state index is 0.493. The minimum atomic E-state index is 0.493. The van der Waals surface area contributed by atoms with Gasteiger partial charge in [0.1, 0.15) is 0 Å². The molecule has 1 aliphatic rings.